The lowest BCUT2D eigenvalue weighted by Crippen LogP contribution is -2.41. The molecule has 1 amide bonds. The molecule has 0 aromatic heterocycles. The van der Waals surface area contributed by atoms with Gasteiger partial charge in [-0.2, -0.15) is 0 Å². The topological polar surface area (TPSA) is 54.5 Å². The molecule has 1 atom stereocenters. The number of benzene rings is 2. The summed E-state index contributed by atoms with van der Waals surface area (Å²) in [5.41, 5.74) is 2.24. The summed E-state index contributed by atoms with van der Waals surface area (Å²) in [6.45, 7) is 1.96. The second kappa shape index (κ2) is 6.53. The maximum Gasteiger partial charge on any atom is 0.260 e. The van der Waals surface area contributed by atoms with Gasteiger partial charge in [-0.15, -0.1) is 0 Å². The third kappa shape index (κ3) is 3.44. The van der Waals surface area contributed by atoms with E-state index in [0.29, 0.717) is 15.7 Å². The highest BCUT2D eigenvalue weighted by Crippen LogP contribution is 2.27. The van der Waals surface area contributed by atoms with Gasteiger partial charge < -0.3 is 4.90 Å². The standard InChI is InChI=1S/C18H16BrNO3S/c1-13-6-8-14(9-7-13)20(15-10-11-24(22,23)12-15)18(21)16-4-2-3-5-17(16)19/h2-11,15H,12H2,1H3/t15-/m0/s1. The van der Waals surface area contributed by atoms with Crippen molar-refractivity contribution in [3.63, 3.8) is 0 Å². The van der Waals surface area contributed by atoms with Gasteiger partial charge in [0.2, 0.25) is 0 Å². The zero-order chi connectivity index (χ0) is 17.3. The van der Waals surface area contributed by atoms with Crippen molar-refractivity contribution in [1.82, 2.24) is 0 Å². The second-order valence-corrected chi connectivity index (χ2v) is 8.50. The van der Waals surface area contributed by atoms with E-state index in [1.54, 1.807) is 29.2 Å². The van der Waals surface area contributed by atoms with Crippen LogP contribution < -0.4 is 4.90 Å². The molecule has 0 N–H and O–H groups in total. The van der Waals surface area contributed by atoms with Crippen molar-refractivity contribution in [2.75, 3.05) is 10.7 Å². The molecule has 0 saturated carbocycles. The molecule has 0 aliphatic carbocycles. The van der Waals surface area contributed by atoms with Crippen LogP contribution in [-0.2, 0) is 9.84 Å². The van der Waals surface area contributed by atoms with Crippen LogP contribution in [-0.4, -0.2) is 26.1 Å². The lowest BCUT2D eigenvalue weighted by molar-refractivity contribution is 0.0982. The highest BCUT2D eigenvalue weighted by molar-refractivity contribution is 9.10. The Kier molecular flexibility index (Phi) is 4.60. The van der Waals surface area contributed by atoms with Gasteiger partial charge in [-0.05, 0) is 53.2 Å². The SMILES string of the molecule is Cc1ccc(N(C(=O)c2ccccc2Br)[C@H]2C=CS(=O)(=O)C2)cc1. The van der Waals surface area contributed by atoms with E-state index in [9.17, 15) is 13.2 Å². The zero-order valence-corrected chi connectivity index (χ0v) is 15.4. The quantitative estimate of drug-likeness (QED) is 0.781. The third-order valence-electron chi connectivity index (χ3n) is 3.88. The lowest BCUT2D eigenvalue weighted by Gasteiger charge is -2.28. The summed E-state index contributed by atoms with van der Waals surface area (Å²) in [4.78, 5) is 14.7. The largest absolute Gasteiger partial charge is 0.300 e. The maximum absolute atomic E-state index is 13.1. The molecule has 3 rings (SSSR count). The van der Waals surface area contributed by atoms with Crippen molar-refractivity contribution < 1.29 is 13.2 Å². The summed E-state index contributed by atoms with van der Waals surface area (Å²) in [5.74, 6) is -0.338. The van der Waals surface area contributed by atoms with Crippen molar-refractivity contribution in [2.24, 2.45) is 0 Å². The van der Waals surface area contributed by atoms with Gasteiger partial charge in [0.15, 0.2) is 9.84 Å². The number of carbonyl (C=O) groups excluding carboxylic acids is 1. The molecule has 0 saturated heterocycles. The first-order chi connectivity index (χ1) is 11.4. The molecule has 6 heteroatoms. The van der Waals surface area contributed by atoms with E-state index in [4.69, 9.17) is 0 Å². The number of hydrogen-bond donors (Lipinski definition) is 0. The van der Waals surface area contributed by atoms with E-state index in [-0.39, 0.29) is 11.7 Å². The van der Waals surface area contributed by atoms with Crippen LogP contribution in [0.25, 0.3) is 0 Å². The number of hydrogen-bond acceptors (Lipinski definition) is 3. The molecule has 1 heterocycles. The molecule has 0 bridgehead atoms. The van der Waals surface area contributed by atoms with E-state index < -0.39 is 15.9 Å². The third-order valence-corrected chi connectivity index (χ3v) is 5.95. The molecule has 4 nitrogen and oxygen atoms in total. The van der Waals surface area contributed by atoms with Crippen molar-refractivity contribution in [3.8, 4) is 0 Å². The van der Waals surface area contributed by atoms with Gasteiger partial charge >= 0.3 is 0 Å². The monoisotopic (exact) mass is 405 g/mol. The predicted octanol–water partition coefficient (Wildman–Crippen LogP) is 3.72. The van der Waals surface area contributed by atoms with E-state index in [1.807, 2.05) is 37.3 Å². The molecule has 24 heavy (non-hydrogen) atoms. The van der Waals surface area contributed by atoms with E-state index in [0.717, 1.165) is 5.56 Å². The van der Waals surface area contributed by atoms with E-state index in [1.165, 1.54) is 5.41 Å². The normalized spacial score (nSPS) is 18.5. The second-order valence-electron chi connectivity index (χ2n) is 5.72. The number of carbonyl (C=O) groups is 1. The maximum atomic E-state index is 13.1. The van der Waals surface area contributed by atoms with Crippen LogP contribution in [0.4, 0.5) is 5.69 Å². The molecule has 0 radical (unpaired) electrons. The minimum atomic E-state index is -3.27. The highest BCUT2D eigenvalue weighted by atomic mass is 79.9. The van der Waals surface area contributed by atoms with E-state index in [2.05, 4.69) is 15.9 Å². The Balaban J connectivity index is 2.05. The van der Waals surface area contributed by atoms with Gasteiger partial charge in [-0.3, -0.25) is 4.79 Å². The van der Waals surface area contributed by atoms with Crippen LogP contribution in [0.1, 0.15) is 15.9 Å². The van der Waals surface area contributed by atoms with Gasteiger partial charge in [0.25, 0.3) is 5.91 Å². The fourth-order valence-corrected chi connectivity index (χ4v) is 4.37. The number of aryl methyl sites for hydroxylation is 1. The number of rotatable bonds is 3. The molecular formula is C18H16BrNO3S. The van der Waals surface area contributed by atoms with Gasteiger partial charge in [-0.25, -0.2) is 8.42 Å². The van der Waals surface area contributed by atoms with Crippen molar-refractivity contribution in [1.29, 1.82) is 0 Å². The summed E-state index contributed by atoms with van der Waals surface area (Å²) in [7, 11) is -3.27. The number of halogens is 1. The molecule has 0 spiro atoms. The first-order valence-corrected chi connectivity index (χ1v) is 9.94. The number of amides is 1. The van der Waals surface area contributed by atoms with Crippen molar-refractivity contribution in [2.45, 2.75) is 13.0 Å². The fourth-order valence-electron chi connectivity index (χ4n) is 2.65. The molecule has 2 aromatic carbocycles. The van der Waals surface area contributed by atoms with E-state index >= 15 is 0 Å². The Morgan fingerprint density at radius 3 is 2.38 bits per heavy atom. The Morgan fingerprint density at radius 1 is 1.12 bits per heavy atom. The fraction of sp³-hybridized carbons (Fsp3) is 0.167. The average Bonchev–Trinajstić information content (AvgIpc) is 2.89. The molecule has 0 unspecified atom stereocenters. The Labute approximate surface area is 149 Å². The summed E-state index contributed by atoms with van der Waals surface area (Å²) in [6.07, 6.45) is 1.57. The summed E-state index contributed by atoms with van der Waals surface area (Å²) in [6, 6.07) is 14.1. The zero-order valence-electron chi connectivity index (χ0n) is 13.0. The van der Waals surface area contributed by atoms with Crippen LogP contribution in [0.3, 0.4) is 0 Å². The van der Waals surface area contributed by atoms with Crippen molar-refractivity contribution >= 4 is 37.4 Å². The van der Waals surface area contributed by atoms with Gasteiger partial charge in [0.05, 0.1) is 17.4 Å². The Hall–Kier alpha value is -1.92. The Bertz CT molecular complexity index is 904. The predicted molar refractivity (Wildman–Crippen MR) is 98.8 cm³/mol. The highest BCUT2D eigenvalue weighted by Gasteiger charge is 2.32. The lowest BCUT2D eigenvalue weighted by atomic mass is 10.1. The van der Waals surface area contributed by atoms with Crippen LogP contribution in [0.5, 0.6) is 0 Å². The van der Waals surface area contributed by atoms with Gasteiger partial charge in [0, 0.05) is 15.6 Å². The van der Waals surface area contributed by atoms with Crippen LogP contribution in [0.15, 0.2) is 64.5 Å². The van der Waals surface area contributed by atoms with Crippen LogP contribution in [0, 0.1) is 6.92 Å². The molecule has 0 fully saturated rings. The van der Waals surface area contributed by atoms with Gasteiger partial charge in [0.1, 0.15) is 0 Å². The minimum Gasteiger partial charge on any atom is -0.300 e. The molecule has 124 valence electrons. The number of anilines is 1. The summed E-state index contributed by atoms with van der Waals surface area (Å²) in [5, 5.41) is 1.19. The molecule has 1 aliphatic rings. The average molecular weight is 406 g/mol. The van der Waals surface area contributed by atoms with Crippen LogP contribution in [0.2, 0.25) is 0 Å². The summed E-state index contributed by atoms with van der Waals surface area (Å²) >= 11 is 3.40. The summed E-state index contributed by atoms with van der Waals surface area (Å²) < 4.78 is 24.3. The Morgan fingerprint density at radius 2 is 1.79 bits per heavy atom. The molecule has 1 aliphatic heterocycles. The molecular weight excluding hydrogens is 390 g/mol. The number of sulfone groups is 1. The van der Waals surface area contributed by atoms with Crippen molar-refractivity contribution in [3.05, 3.63) is 75.6 Å². The smallest absolute Gasteiger partial charge is 0.260 e. The number of nitrogens with zero attached hydrogens (tertiary/aromatic N) is 1. The minimum absolute atomic E-state index is 0.100. The first-order valence-electron chi connectivity index (χ1n) is 7.43. The van der Waals surface area contributed by atoms with Crippen LogP contribution >= 0.6 is 15.9 Å². The first kappa shape index (κ1) is 16.9. The van der Waals surface area contributed by atoms with Gasteiger partial charge in [-0.1, -0.05) is 29.8 Å². The molecule has 2 aromatic rings.